The first-order valence-corrected chi connectivity index (χ1v) is 6.76. The smallest absolute Gasteiger partial charge is 0.327 e. The molecule has 0 saturated heterocycles. The molecule has 0 saturated carbocycles. The molecule has 0 bridgehead atoms. The van der Waals surface area contributed by atoms with Gasteiger partial charge in [-0.2, -0.15) is 11.8 Å². The second-order valence-electron chi connectivity index (χ2n) is 4.19. The molecule has 1 atom stereocenters. The minimum Gasteiger partial charge on any atom is -0.480 e. The molecule has 1 aromatic rings. The second-order valence-corrected chi connectivity index (χ2v) is 5.22. The van der Waals surface area contributed by atoms with Crippen LogP contribution in [0.15, 0.2) is 18.2 Å². The quantitative estimate of drug-likeness (QED) is 0.738. The number of benzene rings is 1. The van der Waals surface area contributed by atoms with Gasteiger partial charge in [-0.15, -0.1) is 0 Å². The summed E-state index contributed by atoms with van der Waals surface area (Å²) in [4.78, 5) is 21.1. The molecular weight excluding hydrogens is 250 g/mol. The van der Waals surface area contributed by atoms with Gasteiger partial charge < -0.3 is 10.4 Å². The average Bonchev–Trinajstić information content (AvgIpc) is 2.26. The Morgan fingerprint density at radius 1 is 1.39 bits per heavy atom. The summed E-state index contributed by atoms with van der Waals surface area (Å²) in [6.45, 7) is 4.07. The molecule has 1 aromatic carbocycles. The van der Waals surface area contributed by atoms with E-state index in [9.17, 15) is 9.59 Å². The fourth-order valence-corrected chi connectivity index (χ4v) is 2.71. The number of nitrogens with one attached hydrogen (secondary N) is 1. The van der Waals surface area contributed by atoms with E-state index in [0.717, 1.165) is 5.75 Å². The number of carboxylic acid groups (broad SMARTS) is 1. The molecule has 18 heavy (non-hydrogen) atoms. The van der Waals surface area contributed by atoms with Crippen molar-refractivity contribution >= 4 is 24.1 Å². The number of thioether (sulfide) groups is 1. The Morgan fingerprint density at radius 2 is 2.00 bits per heavy atom. The number of aryl methyl sites for hydroxylation is 2. The van der Waals surface area contributed by atoms with Crippen LogP contribution in [0.4, 0.5) is 0 Å². The number of hydrogen-bond acceptors (Lipinski definition) is 3. The van der Waals surface area contributed by atoms with E-state index in [1.807, 2.05) is 13.8 Å². The van der Waals surface area contributed by atoms with Gasteiger partial charge in [0, 0.05) is 11.5 Å². The summed E-state index contributed by atoms with van der Waals surface area (Å²) < 4.78 is 0. The second kappa shape index (κ2) is 7.06. The van der Waals surface area contributed by atoms with Gasteiger partial charge in [0.25, 0.3) is 0 Å². The topological polar surface area (TPSA) is 66.4 Å². The average molecular weight is 267 g/mol. The van der Waals surface area contributed by atoms with Gasteiger partial charge in [-0.05, 0) is 19.4 Å². The standard InChI is InChI=1S/C13H17NO3S/c1-9-3-10(2)5-11(4-9)6-18-7-12(13(16)17)14-8-15/h3-5,8,12H,6-7H2,1-2H3,(H,14,15)(H,16,17). The maximum Gasteiger partial charge on any atom is 0.327 e. The van der Waals surface area contributed by atoms with Crippen LogP contribution in [0.2, 0.25) is 0 Å². The summed E-state index contributed by atoms with van der Waals surface area (Å²) in [7, 11) is 0. The van der Waals surface area contributed by atoms with Crippen molar-refractivity contribution in [1.82, 2.24) is 5.32 Å². The van der Waals surface area contributed by atoms with Gasteiger partial charge >= 0.3 is 5.97 Å². The molecule has 2 N–H and O–H groups in total. The summed E-state index contributed by atoms with van der Waals surface area (Å²) >= 11 is 1.50. The number of aliphatic carboxylic acids is 1. The summed E-state index contributed by atoms with van der Waals surface area (Å²) in [6.07, 6.45) is 0.427. The largest absolute Gasteiger partial charge is 0.480 e. The molecule has 1 rings (SSSR count). The van der Waals surface area contributed by atoms with Crippen molar-refractivity contribution < 1.29 is 14.7 Å². The molecule has 0 aliphatic carbocycles. The third-order valence-electron chi connectivity index (χ3n) is 2.40. The van der Waals surface area contributed by atoms with Crippen LogP contribution in [-0.4, -0.2) is 29.3 Å². The molecule has 98 valence electrons. The van der Waals surface area contributed by atoms with Crippen LogP contribution < -0.4 is 5.32 Å². The molecule has 0 radical (unpaired) electrons. The Morgan fingerprint density at radius 3 is 2.50 bits per heavy atom. The van der Waals surface area contributed by atoms with Gasteiger partial charge in [0.05, 0.1) is 0 Å². The lowest BCUT2D eigenvalue weighted by Crippen LogP contribution is -2.37. The Bertz CT molecular complexity index is 414. The highest BCUT2D eigenvalue weighted by molar-refractivity contribution is 7.98. The van der Waals surface area contributed by atoms with Crippen molar-refractivity contribution in [3.05, 3.63) is 34.9 Å². The molecule has 0 aromatic heterocycles. The Labute approximate surface area is 111 Å². The molecule has 0 fully saturated rings. The fraction of sp³-hybridized carbons (Fsp3) is 0.385. The van der Waals surface area contributed by atoms with Crippen molar-refractivity contribution in [1.29, 1.82) is 0 Å². The van der Waals surface area contributed by atoms with Gasteiger partial charge in [0.2, 0.25) is 6.41 Å². The first-order valence-electron chi connectivity index (χ1n) is 5.60. The summed E-state index contributed by atoms with van der Waals surface area (Å²) in [5.41, 5.74) is 3.57. The fourth-order valence-electron chi connectivity index (χ4n) is 1.72. The number of hydrogen-bond donors (Lipinski definition) is 2. The summed E-state index contributed by atoms with van der Waals surface area (Å²) in [6, 6.07) is 5.45. The first kappa shape index (κ1) is 14.6. The first-order chi connectivity index (χ1) is 8.52. The molecule has 0 spiro atoms. The highest BCUT2D eigenvalue weighted by atomic mass is 32.2. The SMILES string of the molecule is Cc1cc(C)cc(CSCC(NC=O)C(=O)O)c1. The predicted molar refractivity (Wildman–Crippen MR) is 72.7 cm³/mol. The van der Waals surface area contributed by atoms with Gasteiger partial charge in [-0.3, -0.25) is 4.79 Å². The summed E-state index contributed by atoms with van der Waals surface area (Å²) in [5.74, 6) is 0.100. The Hall–Kier alpha value is -1.49. The zero-order valence-corrected chi connectivity index (χ0v) is 11.3. The Balaban J connectivity index is 2.49. The molecule has 4 nitrogen and oxygen atoms in total. The number of carbonyl (C=O) groups excluding carboxylic acids is 1. The van der Waals surface area contributed by atoms with Crippen molar-refractivity contribution in [3.8, 4) is 0 Å². The van der Waals surface area contributed by atoms with Crippen molar-refractivity contribution in [2.45, 2.75) is 25.6 Å². The minimum atomic E-state index is -1.00. The Kier molecular flexibility index (Phi) is 5.71. The predicted octanol–water partition coefficient (Wildman–Crippen LogP) is 1.74. The van der Waals surface area contributed by atoms with Gasteiger partial charge in [0.1, 0.15) is 6.04 Å². The lowest BCUT2D eigenvalue weighted by Gasteiger charge is -2.11. The minimum absolute atomic E-state index is 0.362. The highest BCUT2D eigenvalue weighted by Gasteiger charge is 2.15. The number of rotatable bonds is 7. The van der Waals surface area contributed by atoms with E-state index in [2.05, 4.69) is 23.5 Å². The molecule has 5 heteroatoms. The van der Waals surface area contributed by atoms with Crippen LogP contribution in [0.3, 0.4) is 0 Å². The maximum atomic E-state index is 10.8. The van der Waals surface area contributed by atoms with E-state index in [0.29, 0.717) is 12.2 Å². The van der Waals surface area contributed by atoms with Crippen LogP contribution in [-0.2, 0) is 15.3 Å². The molecule has 0 aliphatic rings. The number of amides is 1. The summed E-state index contributed by atoms with van der Waals surface area (Å²) in [5, 5.41) is 11.1. The molecule has 1 unspecified atom stereocenters. The van der Waals surface area contributed by atoms with E-state index in [4.69, 9.17) is 5.11 Å². The van der Waals surface area contributed by atoms with Crippen LogP contribution >= 0.6 is 11.8 Å². The molecule has 0 aliphatic heterocycles. The van der Waals surface area contributed by atoms with Crippen LogP contribution in [0.25, 0.3) is 0 Å². The normalized spacial score (nSPS) is 11.9. The van der Waals surface area contributed by atoms with Crippen LogP contribution in [0, 0.1) is 13.8 Å². The van der Waals surface area contributed by atoms with Crippen molar-refractivity contribution in [3.63, 3.8) is 0 Å². The van der Waals surface area contributed by atoms with Gasteiger partial charge in [-0.25, -0.2) is 4.79 Å². The third kappa shape index (κ3) is 4.79. The van der Waals surface area contributed by atoms with Gasteiger partial charge in [-0.1, -0.05) is 29.3 Å². The van der Waals surface area contributed by atoms with Gasteiger partial charge in [0.15, 0.2) is 0 Å². The molecule has 0 heterocycles. The van der Waals surface area contributed by atoms with Crippen molar-refractivity contribution in [2.24, 2.45) is 0 Å². The van der Waals surface area contributed by atoms with E-state index >= 15 is 0 Å². The van der Waals surface area contributed by atoms with E-state index in [-0.39, 0.29) is 0 Å². The lowest BCUT2D eigenvalue weighted by atomic mass is 10.1. The monoisotopic (exact) mass is 267 g/mol. The zero-order chi connectivity index (χ0) is 13.5. The van der Waals surface area contributed by atoms with Crippen LogP contribution in [0.5, 0.6) is 0 Å². The van der Waals surface area contributed by atoms with Crippen LogP contribution in [0.1, 0.15) is 16.7 Å². The zero-order valence-electron chi connectivity index (χ0n) is 10.5. The molecule has 1 amide bonds. The maximum absolute atomic E-state index is 10.8. The van der Waals surface area contributed by atoms with Crippen molar-refractivity contribution in [2.75, 3.05) is 5.75 Å². The lowest BCUT2D eigenvalue weighted by molar-refractivity contribution is -0.139. The third-order valence-corrected chi connectivity index (χ3v) is 3.51. The van der Waals surface area contributed by atoms with E-state index in [1.54, 1.807) is 0 Å². The number of carbonyl (C=O) groups is 2. The molecular formula is C13H17NO3S. The highest BCUT2D eigenvalue weighted by Crippen LogP contribution is 2.16. The van der Waals surface area contributed by atoms with E-state index in [1.165, 1.54) is 28.5 Å². The van der Waals surface area contributed by atoms with E-state index < -0.39 is 12.0 Å². The number of carboxylic acids is 1.